The van der Waals surface area contributed by atoms with Crippen LogP contribution in [-0.4, -0.2) is 89.9 Å². The Labute approximate surface area is 219 Å². The number of fused-ring (bicyclic) bond motifs is 1. The summed E-state index contributed by atoms with van der Waals surface area (Å²) >= 11 is 0. The molecule has 3 aliphatic heterocycles. The van der Waals surface area contributed by atoms with E-state index in [1.165, 1.54) is 18.2 Å². The lowest BCUT2D eigenvalue weighted by Gasteiger charge is -2.41. The number of rotatable bonds is 5. The quantitative estimate of drug-likeness (QED) is 0.511. The molecule has 11 nitrogen and oxygen atoms in total. The van der Waals surface area contributed by atoms with E-state index in [2.05, 4.69) is 15.4 Å². The van der Waals surface area contributed by atoms with Gasteiger partial charge in [-0.1, -0.05) is 6.07 Å². The molecule has 3 aromatic rings. The number of carbonyl (C=O) groups excluding carboxylic acids is 1. The number of nitrogens with one attached hydrogen (secondary N) is 1. The van der Waals surface area contributed by atoms with Gasteiger partial charge in [0.1, 0.15) is 11.1 Å². The van der Waals surface area contributed by atoms with Gasteiger partial charge in [-0.15, -0.1) is 0 Å². The minimum absolute atomic E-state index is 0.0702. The van der Waals surface area contributed by atoms with Gasteiger partial charge in [0.05, 0.1) is 46.4 Å². The number of halogens is 1. The summed E-state index contributed by atoms with van der Waals surface area (Å²) in [5.41, 5.74) is 1.67. The molecule has 196 valence electrons. The summed E-state index contributed by atoms with van der Waals surface area (Å²) in [6.45, 7) is 3.02. The summed E-state index contributed by atoms with van der Waals surface area (Å²) in [5, 5.41) is 16.6. The van der Waals surface area contributed by atoms with Crippen LogP contribution in [0.1, 0.15) is 21.6 Å². The van der Waals surface area contributed by atoms with E-state index >= 15 is 0 Å². The van der Waals surface area contributed by atoms with Crippen LogP contribution in [0.3, 0.4) is 0 Å². The molecule has 2 saturated heterocycles. The Morgan fingerprint density at radius 2 is 1.89 bits per heavy atom. The number of nitriles is 1. The van der Waals surface area contributed by atoms with Crippen molar-refractivity contribution in [3.8, 4) is 23.0 Å². The molecule has 0 unspecified atom stereocenters. The number of anilines is 1. The summed E-state index contributed by atoms with van der Waals surface area (Å²) in [4.78, 5) is 21.1. The fourth-order valence-electron chi connectivity index (χ4n) is 5.23. The monoisotopic (exact) mass is 536 g/mol. The number of amides is 1. The fraction of sp³-hybridized carbons (Fsp3) is 0.360. The number of hydrogen-bond acceptors (Lipinski definition) is 8. The highest BCUT2D eigenvalue weighted by molar-refractivity contribution is 7.89. The van der Waals surface area contributed by atoms with E-state index in [1.807, 2.05) is 22.9 Å². The molecular weight excluding hydrogens is 511 g/mol. The molecule has 0 atom stereocenters. The zero-order valence-corrected chi connectivity index (χ0v) is 21.4. The van der Waals surface area contributed by atoms with Crippen LogP contribution in [0.5, 0.6) is 0 Å². The van der Waals surface area contributed by atoms with Gasteiger partial charge < -0.3 is 15.1 Å². The Kier molecular flexibility index (Phi) is 5.90. The van der Waals surface area contributed by atoms with E-state index < -0.39 is 15.8 Å². The van der Waals surface area contributed by atoms with Crippen molar-refractivity contribution < 1.29 is 17.6 Å². The molecule has 1 N–H and O–H groups in total. The van der Waals surface area contributed by atoms with Crippen LogP contribution in [-0.2, 0) is 16.6 Å². The third-order valence-corrected chi connectivity index (χ3v) is 9.53. The Bertz CT molecular complexity index is 1580. The van der Waals surface area contributed by atoms with Gasteiger partial charge in [0, 0.05) is 51.5 Å². The predicted molar refractivity (Wildman–Crippen MR) is 137 cm³/mol. The van der Waals surface area contributed by atoms with Gasteiger partial charge >= 0.3 is 0 Å². The molecule has 5 heterocycles. The first-order chi connectivity index (χ1) is 18.3. The Hall–Kier alpha value is -3.86. The van der Waals surface area contributed by atoms with E-state index in [9.17, 15) is 22.9 Å². The molecular formula is C25H25FN8O3S. The normalized spacial score (nSPS) is 18.7. The molecule has 0 aliphatic carbocycles. The second kappa shape index (κ2) is 9.16. The summed E-state index contributed by atoms with van der Waals surface area (Å²) in [5.74, 6) is -0.248. The lowest BCUT2D eigenvalue weighted by molar-refractivity contribution is 0.0965. The van der Waals surface area contributed by atoms with Crippen molar-refractivity contribution in [2.24, 2.45) is 0 Å². The standard InChI is InChI=1S/C25H25FN8O3S/c1-31-14-17(15-31)38(36,37)33-9-7-32(8-10-33)22-5-6-34(30-22)21-11-19(29-20-13-28-25(35)24(20)21)23-16(12-27)3-2-4-18(23)26/h2-6,11,17H,7-10,13-15H2,1H3,(H,28,35). The van der Waals surface area contributed by atoms with Crippen LogP contribution in [0.25, 0.3) is 16.9 Å². The third-order valence-electron chi connectivity index (χ3n) is 7.30. The van der Waals surface area contributed by atoms with Crippen LogP contribution >= 0.6 is 0 Å². The zero-order valence-electron chi connectivity index (χ0n) is 20.6. The van der Waals surface area contributed by atoms with Crippen molar-refractivity contribution in [3.05, 3.63) is 59.2 Å². The lowest BCUT2D eigenvalue weighted by atomic mass is 10.0. The second-order valence-electron chi connectivity index (χ2n) is 9.70. The number of likely N-dealkylation sites (tertiary alicyclic amines) is 1. The fourth-order valence-corrected chi connectivity index (χ4v) is 7.21. The SMILES string of the molecule is CN1CC(S(=O)(=O)N2CCN(c3ccn(-c4cc(-c5c(F)cccc5C#N)nc5c4C(=O)NC5)n3)CC2)C1. The lowest BCUT2D eigenvalue weighted by Crippen LogP contribution is -2.59. The van der Waals surface area contributed by atoms with Gasteiger partial charge in [-0.2, -0.15) is 14.7 Å². The van der Waals surface area contributed by atoms with Crippen LogP contribution in [0, 0.1) is 17.1 Å². The summed E-state index contributed by atoms with van der Waals surface area (Å²) in [6, 6.07) is 9.63. The summed E-state index contributed by atoms with van der Waals surface area (Å²) in [7, 11) is -1.41. The van der Waals surface area contributed by atoms with E-state index in [-0.39, 0.29) is 34.5 Å². The van der Waals surface area contributed by atoms with Crippen LogP contribution in [0.2, 0.25) is 0 Å². The third kappa shape index (κ3) is 4.01. The molecule has 2 fully saturated rings. The summed E-state index contributed by atoms with van der Waals surface area (Å²) in [6.07, 6.45) is 1.71. The van der Waals surface area contributed by atoms with Crippen molar-refractivity contribution >= 4 is 21.7 Å². The minimum Gasteiger partial charge on any atom is -0.352 e. The van der Waals surface area contributed by atoms with Crippen LogP contribution in [0.15, 0.2) is 36.5 Å². The number of sulfonamides is 1. The second-order valence-corrected chi connectivity index (χ2v) is 11.9. The molecule has 0 saturated carbocycles. The summed E-state index contributed by atoms with van der Waals surface area (Å²) < 4.78 is 43.6. The smallest absolute Gasteiger partial charge is 0.255 e. The Morgan fingerprint density at radius 3 is 2.61 bits per heavy atom. The molecule has 3 aliphatic rings. The van der Waals surface area contributed by atoms with Gasteiger partial charge in [0.25, 0.3) is 5.91 Å². The Morgan fingerprint density at radius 1 is 1.13 bits per heavy atom. The van der Waals surface area contributed by atoms with Crippen LogP contribution < -0.4 is 10.2 Å². The topological polar surface area (TPSA) is 127 Å². The van der Waals surface area contributed by atoms with E-state index in [1.54, 1.807) is 27.3 Å². The molecule has 1 amide bonds. The van der Waals surface area contributed by atoms with Crippen molar-refractivity contribution in [2.45, 2.75) is 11.8 Å². The first kappa shape index (κ1) is 24.5. The number of carbonyl (C=O) groups is 1. The van der Waals surface area contributed by atoms with E-state index in [0.717, 1.165) is 0 Å². The molecule has 0 bridgehead atoms. The van der Waals surface area contributed by atoms with Crippen molar-refractivity contribution in [3.63, 3.8) is 0 Å². The highest BCUT2D eigenvalue weighted by atomic mass is 32.2. The zero-order chi connectivity index (χ0) is 26.6. The number of aromatic nitrogens is 3. The first-order valence-electron chi connectivity index (χ1n) is 12.3. The number of pyridine rings is 1. The average molecular weight is 537 g/mol. The van der Waals surface area contributed by atoms with Crippen LogP contribution in [0.4, 0.5) is 10.2 Å². The maximum absolute atomic E-state index is 14.8. The highest BCUT2D eigenvalue weighted by Gasteiger charge is 2.40. The van der Waals surface area contributed by atoms with Crippen molar-refractivity contribution in [1.29, 1.82) is 5.26 Å². The molecule has 0 radical (unpaired) electrons. The number of piperazine rings is 1. The number of nitrogens with zero attached hydrogens (tertiary/aromatic N) is 7. The molecule has 1 aromatic carbocycles. The molecule has 6 rings (SSSR count). The molecule has 0 spiro atoms. The van der Waals surface area contributed by atoms with E-state index in [4.69, 9.17) is 0 Å². The van der Waals surface area contributed by atoms with Crippen molar-refractivity contribution in [2.75, 3.05) is 51.2 Å². The maximum atomic E-state index is 14.8. The average Bonchev–Trinajstić information content (AvgIpc) is 3.53. The molecule has 38 heavy (non-hydrogen) atoms. The van der Waals surface area contributed by atoms with Gasteiger partial charge in [0.2, 0.25) is 10.0 Å². The Balaban J connectivity index is 1.29. The first-order valence-corrected chi connectivity index (χ1v) is 13.8. The van der Waals surface area contributed by atoms with Gasteiger partial charge in [-0.05, 0) is 25.2 Å². The predicted octanol–water partition coefficient (Wildman–Crippen LogP) is 0.954. The van der Waals surface area contributed by atoms with E-state index in [0.29, 0.717) is 62.0 Å². The molecule has 2 aromatic heterocycles. The van der Waals surface area contributed by atoms with Crippen molar-refractivity contribution in [1.82, 2.24) is 29.3 Å². The van der Waals surface area contributed by atoms with Gasteiger partial charge in [-0.25, -0.2) is 22.5 Å². The van der Waals surface area contributed by atoms with Gasteiger partial charge in [0.15, 0.2) is 5.82 Å². The largest absolute Gasteiger partial charge is 0.352 e. The minimum atomic E-state index is -3.32. The number of hydrogen-bond donors (Lipinski definition) is 1. The van der Waals surface area contributed by atoms with Gasteiger partial charge in [-0.3, -0.25) is 4.79 Å². The number of benzene rings is 1. The molecule has 13 heteroatoms. The highest BCUT2D eigenvalue weighted by Crippen LogP contribution is 2.32. The maximum Gasteiger partial charge on any atom is 0.255 e.